The van der Waals surface area contributed by atoms with Crippen molar-refractivity contribution in [2.24, 2.45) is 0 Å². The molecule has 2 N–H and O–H groups in total. The Hall–Kier alpha value is -1.25. The Kier molecular flexibility index (Phi) is 5.81. The fourth-order valence-electron chi connectivity index (χ4n) is 1.17. The molecule has 0 atom stereocenters. The van der Waals surface area contributed by atoms with E-state index in [1.165, 1.54) is 0 Å². The van der Waals surface area contributed by atoms with E-state index in [0.717, 1.165) is 11.3 Å². The molecule has 1 heterocycles. The number of methoxy groups -OCH3 is 2. The third kappa shape index (κ3) is 4.25. The zero-order chi connectivity index (χ0) is 12.7. The fraction of sp³-hybridized carbons (Fsp3) is 0.667. The summed E-state index contributed by atoms with van der Waals surface area (Å²) >= 11 is 1.07. The van der Waals surface area contributed by atoms with Crippen LogP contribution in [0, 0.1) is 0 Å². The predicted molar refractivity (Wildman–Crippen MR) is 64.0 cm³/mol. The molecule has 0 aliphatic rings. The molecule has 0 aliphatic heterocycles. The normalized spacial score (nSPS) is 10.5. The van der Waals surface area contributed by atoms with Gasteiger partial charge in [0.25, 0.3) is 5.91 Å². The first kappa shape index (κ1) is 13.8. The van der Waals surface area contributed by atoms with Crippen molar-refractivity contribution >= 4 is 22.4 Å². The number of amides is 1. The van der Waals surface area contributed by atoms with Crippen molar-refractivity contribution in [3.63, 3.8) is 0 Å². The molecule has 1 amide bonds. The molecule has 0 unspecified atom stereocenters. The molecule has 1 aromatic heterocycles. The van der Waals surface area contributed by atoms with Gasteiger partial charge in [-0.25, -0.2) is 0 Å². The van der Waals surface area contributed by atoms with Crippen LogP contribution in [0.3, 0.4) is 0 Å². The standard InChI is InChI=1S/C9H16N4O3S/c1-15-5-3-13(4-6-16-2)8(14)7-11-12-9(10)17-7/h3-6H2,1-2H3,(H2,10,12). The molecule has 0 saturated carbocycles. The summed E-state index contributed by atoms with van der Waals surface area (Å²) in [4.78, 5) is 13.6. The molecule has 0 radical (unpaired) electrons. The Morgan fingerprint density at radius 1 is 1.29 bits per heavy atom. The molecule has 0 fully saturated rings. The van der Waals surface area contributed by atoms with Crippen LogP contribution in [0.25, 0.3) is 0 Å². The van der Waals surface area contributed by atoms with Crippen LogP contribution in [0.2, 0.25) is 0 Å². The van der Waals surface area contributed by atoms with Crippen LogP contribution < -0.4 is 5.73 Å². The quantitative estimate of drug-likeness (QED) is 0.733. The maximum absolute atomic E-state index is 12.0. The fourth-order valence-corrected chi connectivity index (χ4v) is 1.75. The van der Waals surface area contributed by atoms with Crippen molar-refractivity contribution in [3.8, 4) is 0 Å². The minimum Gasteiger partial charge on any atom is -0.383 e. The summed E-state index contributed by atoms with van der Waals surface area (Å²) in [5.41, 5.74) is 5.44. The van der Waals surface area contributed by atoms with Crippen molar-refractivity contribution in [1.29, 1.82) is 0 Å². The number of rotatable bonds is 7. The van der Waals surface area contributed by atoms with E-state index in [1.54, 1.807) is 19.1 Å². The van der Waals surface area contributed by atoms with Gasteiger partial charge in [-0.15, -0.1) is 10.2 Å². The topological polar surface area (TPSA) is 90.6 Å². The van der Waals surface area contributed by atoms with Crippen molar-refractivity contribution in [3.05, 3.63) is 5.01 Å². The van der Waals surface area contributed by atoms with Gasteiger partial charge in [-0.2, -0.15) is 0 Å². The van der Waals surface area contributed by atoms with Gasteiger partial charge in [-0.05, 0) is 0 Å². The van der Waals surface area contributed by atoms with Crippen LogP contribution in [-0.2, 0) is 9.47 Å². The Morgan fingerprint density at radius 3 is 2.29 bits per heavy atom. The number of nitrogens with two attached hydrogens (primary N) is 1. The number of nitrogen functional groups attached to an aromatic ring is 1. The van der Waals surface area contributed by atoms with E-state index in [-0.39, 0.29) is 16.0 Å². The van der Waals surface area contributed by atoms with E-state index >= 15 is 0 Å². The lowest BCUT2D eigenvalue weighted by Crippen LogP contribution is -2.36. The second kappa shape index (κ2) is 7.15. The molecule has 96 valence electrons. The van der Waals surface area contributed by atoms with Crippen molar-refractivity contribution < 1.29 is 14.3 Å². The average molecular weight is 260 g/mol. The Balaban J connectivity index is 2.64. The molecule has 0 aliphatic carbocycles. The molecule has 0 spiro atoms. The molecule has 8 heteroatoms. The lowest BCUT2D eigenvalue weighted by atomic mass is 10.4. The Morgan fingerprint density at radius 2 is 1.88 bits per heavy atom. The first-order chi connectivity index (χ1) is 8.19. The SMILES string of the molecule is COCCN(CCOC)C(=O)c1nnc(N)s1. The zero-order valence-corrected chi connectivity index (χ0v) is 10.7. The van der Waals surface area contributed by atoms with Gasteiger partial charge < -0.3 is 20.1 Å². The summed E-state index contributed by atoms with van der Waals surface area (Å²) in [6, 6.07) is 0. The minimum absolute atomic E-state index is 0.201. The largest absolute Gasteiger partial charge is 0.383 e. The van der Waals surface area contributed by atoms with Gasteiger partial charge in [-0.3, -0.25) is 4.79 Å². The summed E-state index contributed by atoms with van der Waals surface area (Å²) in [5.74, 6) is -0.201. The van der Waals surface area contributed by atoms with E-state index in [4.69, 9.17) is 15.2 Å². The molecule has 0 bridgehead atoms. The highest BCUT2D eigenvalue weighted by atomic mass is 32.1. The molecule has 1 rings (SSSR count). The van der Waals surface area contributed by atoms with Crippen LogP contribution in [-0.4, -0.2) is 61.5 Å². The molecule has 0 aromatic carbocycles. The van der Waals surface area contributed by atoms with Crippen LogP contribution >= 0.6 is 11.3 Å². The third-order valence-electron chi connectivity index (χ3n) is 2.04. The van der Waals surface area contributed by atoms with Crippen LogP contribution in [0.5, 0.6) is 0 Å². The summed E-state index contributed by atoms with van der Waals surface area (Å²) in [6.07, 6.45) is 0. The maximum atomic E-state index is 12.0. The second-order valence-electron chi connectivity index (χ2n) is 3.22. The minimum atomic E-state index is -0.201. The van der Waals surface area contributed by atoms with E-state index in [0.29, 0.717) is 26.3 Å². The summed E-state index contributed by atoms with van der Waals surface area (Å²) in [7, 11) is 3.17. The molecular weight excluding hydrogens is 244 g/mol. The highest BCUT2D eigenvalue weighted by molar-refractivity contribution is 7.16. The molecule has 17 heavy (non-hydrogen) atoms. The van der Waals surface area contributed by atoms with Crippen LogP contribution in [0.1, 0.15) is 9.80 Å². The first-order valence-corrected chi connectivity index (χ1v) is 5.86. The predicted octanol–water partition coefficient (Wildman–Crippen LogP) is -0.145. The number of anilines is 1. The molecule has 1 aromatic rings. The summed E-state index contributed by atoms with van der Waals surface area (Å²) < 4.78 is 9.90. The molecular formula is C9H16N4O3S. The highest BCUT2D eigenvalue weighted by Gasteiger charge is 2.19. The van der Waals surface area contributed by atoms with E-state index in [1.807, 2.05) is 0 Å². The highest BCUT2D eigenvalue weighted by Crippen LogP contribution is 2.13. The number of aromatic nitrogens is 2. The third-order valence-corrected chi connectivity index (χ3v) is 2.78. The van der Waals surface area contributed by atoms with Crippen molar-refractivity contribution in [2.75, 3.05) is 46.3 Å². The summed E-state index contributed by atoms with van der Waals surface area (Å²) in [5, 5.41) is 7.91. The van der Waals surface area contributed by atoms with Crippen LogP contribution in [0.15, 0.2) is 0 Å². The van der Waals surface area contributed by atoms with Gasteiger partial charge in [-0.1, -0.05) is 11.3 Å². The van der Waals surface area contributed by atoms with Gasteiger partial charge in [0.15, 0.2) is 0 Å². The van der Waals surface area contributed by atoms with Crippen molar-refractivity contribution in [1.82, 2.24) is 15.1 Å². The Labute approximate surface area is 104 Å². The van der Waals surface area contributed by atoms with Gasteiger partial charge in [0, 0.05) is 27.3 Å². The maximum Gasteiger partial charge on any atom is 0.285 e. The number of ether oxygens (including phenoxy) is 2. The van der Waals surface area contributed by atoms with E-state index < -0.39 is 0 Å². The average Bonchev–Trinajstić information content (AvgIpc) is 2.75. The smallest absolute Gasteiger partial charge is 0.285 e. The zero-order valence-electron chi connectivity index (χ0n) is 9.88. The van der Waals surface area contributed by atoms with Crippen molar-refractivity contribution in [2.45, 2.75) is 0 Å². The number of nitrogens with zero attached hydrogens (tertiary/aromatic N) is 3. The van der Waals surface area contributed by atoms with Gasteiger partial charge in [0.1, 0.15) is 0 Å². The summed E-state index contributed by atoms with van der Waals surface area (Å²) in [6.45, 7) is 1.89. The Bertz CT molecular complexity index is 350. The van der Waals surface area contributed by atoms with Gasteiger partial charge in [0.2, 0.25) is 10.1 Å². The van der Waals surface area contributed by atoms with Crippen LogP contribution in [0.4, 0.5) is 5.13 Å². The number of hydrogen-bond acceptors (Lipinski definition) is 7. The number of carbonyl (C=O) groups excluding carboxylic acids is 1. The van der Waals surface area contributed by atoms with E-state index in [2.05, 4.69) is 10.2 Å². The molecule has 7 nitrogen and oxygen atoms in total. The lowest BCUT2D eigenvalue weighted by molar-refractivity contribution is 0.0626. The van der Waals surface area contributed by atoms with Gasteiger partial charge >= 0.3 is 0 Å². The van der Waals surface area contributed by atoms with E-state index in [9.17, 15) is 4.79 Å². The van der Waals surface area contributed by atoms with Gasteiger partial charge in [0.05, 0.1) is 13.2 Å². The number of carbonyl (C=O) groups is 1. The monoisotopic (exact) mass is 260 g/mol. The second-order valence-corrected chi connectivity index (χ2v) is 4.23. The number of hydrogen-bond donors (Lipinski definition) is 1. The first-order valence-electron chi connectivity index (χ1n) is 5.05. The lowest BCUT2D eigenvalue weighted by Gasteiger charge is -2.20. The molecule has 0 saturated heterocycles.